The molecule has 1 heteroatoms. The van der Waals surface area contributed by atoms with Crippen LogP contribution in [-0.2, 0) is 12.8 Å². The second kappa shape index (κ2) is 3.30. The van der Waals surface area contributed by atoms with Gasteiger partial charge in [-0.3, -0.25) is 0 Å². The third kappa shape index (κ3) is 1.77. The molecular weight excluding hydrogens is 172 g/mol. The van der Waals surface area contributed by atoms with Crippen molar-refractivity contribution >= 4 is 0 Å². The van der Waals surface area contributed by atoms with Crippen molar-refractivity contribution in [2.75, 3.05) is 7.11 Å². The minimum Gasteiger partial charge on any atom is -0.497 e. The highest BCUT2D eigenvalue weighted by Crippen LogP contribution is 2.35. The zero-order valence-electron chi connectivity index (χ0n) is 9.26. The van der Waals surface area contributed by atoms with Gasteiger partial charge in [0.2, 0.25) is 0 Å². The van der Waals surface area contributed by atoms with Gasteiger partial charge < -0.3 is 4.74 Å². The number of hydrogen-bond donors (Lipinski definition) is 0. The Hall–Kier alpha value is -0.980. The van der Waals surface area contributed by atoms with Gasteiger partial charge in [-0.1, -0.05) is 19.9 Å². The van der Waals surface area contributed by atoms with Gasteiger partial charge in [-0.2, -0.15) is 0 Å². The molecule has 0 saturated heterocycles. The number of methoxy groups -OCH3 is 1. The van der Waals surface area contributed by atoms with Crippen molar-refractivity contribution in [2.45, 2.75) is 33.1 Å². The summed E-state index contributed by atoms with van der Waals surface area (Å²) in [5.74, 6) is 0.987. The van der Waals surface area contributed by atoms with E-state index in [1.165, 1.54) is 30.4 Å². The van der Waals surface area contributed by atoms with Crippen LogP contribution < -0.4 is 4.74 Å². The average Bonchev–Trinajstić information content (AvgIpc) is 2.15. The summed E-state index contributed by atoms with van der Waals surface area (Å²) in [6, 6.07) is 6.47. The summed E-state index contributed by atoms with van der Waals surface area (Å²) in [5, 5.41) is 0. The first-order valence-corrected chi connectivity index (χ1v) is 5.26. The van der Waals surface area contributed by atoms with Crippen LogP contribution in [0.4, 0.5) is 0 Å². The molecule has 1 aromatic rings. The van der Waals surface area contributed by atoms with Crippen LogP contribution in [0.3, 0.4) is 0 Å². The predicted molar refractivity (Wildman–Crippen MR) is 58.8 cm³/mol. The molecule has 0 atom stereocenters. The Morgan fingerprint density at radius 2 is 2.00 bits per heavy atom. The summed E-state index contributed by atoms with van der Waals surface area (Å²) in [7, 11) is 1.73. The molecule has 0 heterocycles. The van der Waals surface area contributed by atoms with E-state index >= 15 is 0 Å². The van der Waals surface area contributed by atoms with Crippen LogP contribution in [0, 0.1) is 5.41 Å². The van der Waals surface area contributed by atoms with Crippen LogP contribution in [0.5, 0.6) is 5.75 Å². The van der Waals surface area contributed by atoms with Crippen molar-refractivity contribution in [3.05, 3.63) is 29.3 Å². The zero-order valence-corrected chi connectivity index (χ0v) is 9.26. The highest BCUT2D eigenvalue weighted by Gasteiger charge is 2.25. The topological polar surface area (TPSA) is 9.23 Å². The molecule has 0 amide bonds. The fourth-order valence-corrected chi connectivity index (χ4v) is 2.21. The maximum absolute atomic E-state index is 5.25. The van der Waals surface area contributed by atoms with E-state index < -0.39 is 0 Å². The molecule has 1 nitrogen and oxygen atoms in total. The normalized spacial score (nSPS) is 18.8. The average molecular weight is 190 g/mol. The lowest BCUT2D eigenvalue weighted by Crippen LogP contribution is -2.21. The van der Waals surface area contributed by atoms with Gasteiger partial charge >= 0.3 is 0 Å². The highest BCUT2D eigenvalue weighted by atomic mass is 16.5. The lowest BCUT2D eigenvalue weighted by molar-refractivity contribution is 0.314. The summed E-state index contributed by atoms with van der Waals surface area (Å²) in [4.78, 5) is 0. The fraction of sp³-hybridized carbons (Fsp3) is 0.538. The molecular formula is C13H18O. The Balaban J connectivity index is 2.34. The molecule has 14 heavy (non-hydrogen) atoms. The minimum absolute atomic E-state index is 0.458. The third-order valence-electron chi connectivity index (χ3n) is 3.15. The van der Waals surface area contributed by atoms with Crippen LogP contribution in [0.1, 0.15) is 31.4 Å². The minimum atomic E-state index is 0.458. The van der Waals surface area contributed by atoms with Crippen molar-refractivity contribution < 1.29 is 4.74 Å². The number of aryl methyl sites for hydroxylation is 1. The molecule has 0 radical (unpaired) electrons. The Morgan fingerprint density at radius 1 is 1.21 bits per heavy atom. The van der Waals surface area contributed by atoms with Crippen LogP contribution in [-0.4, -0.2) is 7.11 Å². The van der Waals surface area contributed by atoms with Crippen LogP contribution >= 0.6 is 0 Å². The molecule has 0 spiro atoms. The van der Waals surface area contributed by atoms with Gasteiger partial charge in [0, 0.05) is 0 Å². The summed E-state index contributed by atoms with van der Waals surface area (Å²) in [6.07, 6.45) is 3.69. The van der Waals surface area contributed by atoms with Crippen molar-refractivity contribution in [2.24, 2.45) is 5.41 Å². The molecule has 0 aliphatic heterocycles. The van der Waals surface area contributed by atoms with Crippen LogP contribution in [0.25, 0.3) is 0 Å². The molecule has 1 aliphatic carbocycles. The van der Waals surface area contributed by atoms with Crippen molar-refractivity contribution in [3.63, 3.8) is 0 Å². The van der Waals surface area contributed by atoms with Gasteiger partial charge in [0.05, 0.1) is 7.11 Å². The Morgan fingerprint density at radius 3 is 2.71 bits per heavy atom. The van der Waals surface area contributed by atoms with Gasteiger partial charge in [0.15, 0.2) is 0 Å². The second-order valence-electron chi connectivity index (χ2n) is 4.98. The van der Waals surface area contributed by atoms with Crippen molar-refractivity contribution in [3.8, 4) is 5.75 Å². The van der Waals surface area contributed by atoms with Gasteiger partial charge in [-0.05, 0) is 47.9 Å². The van der Waals surface area contributed by atoms with E-state index in [1.807, 2.05) is 0 Å². The largest absolute Gasteiger partial charge is 0.497 e. The maximum atomic E-state index is 5.25. The van der Waals surface area contributed by atoms with Gasteiger partial charge in [-0.25, -0.2) is 0 Å². The zero-order chi connectivity index (χ0) is 10.2. The fourth-order valence-electron chi connectivity index (χ4n) is 2.21. The maximum Gasteiger partial charge on any atom is 0.119 e. The summed E-state index contributed by atoms with van der Waals surface area (Å²) in [5.41, 5.74) is 3.44. The first-order valence-electron chi connectivity index (χ1n) is 5.26. The third-order valence-corrected chi connectivity index (χ3v) is 3.15. The monoisotopic (exact) mass is 190 g/mol. The van der Waals surface area contributed by atoms with Crippen LogP contribution in [0.2, 0.25) is 0 Å². The molecule has 2 rings (SSSR count). The molecule has 76 valence electrons. The quantitative estimate of drug-likeness (QED) is 0.660. The van der Waals surface area contributed by atoms with E-state index in [-0.39, 0.29) is 0 Å². The van der Waals surface area contributed by atoms with E-state index in [0.717, 1.165) is 5.75 Å². The van der Waals surface area contributed by atoms with Gasteiger partial charge in [0.25, 0.3) is 0 Å². The number of hydrogen-bond acceptors (Lipinski definition) is 1. The molecule has 0 fully saturated rings. The lowest BCUT2D eigenvalue weighted by atomic mass is 9.74. The van der Waals surface area contributed by atoms with E-state index in [4.69, 9.17) is 4.74 Å². The molecule has 1 aliphatic rings. The Bertz CT molecular complexity index is 339. The first kappa shape index (κ1) is 9.57. The molecule has 1 aromatic carbocycles. The first-order chi connectivity index (χ1) is 6.61. The second-order valence-corrected chi connectivity index (χ2v) is 4.98. The SMILES string of the molecule is COc1ccc2c(c1)CC(C)(C)CC2. The summed E-state index contributed by atoms with van der Waals surface area (Å²) in [6.45, 7) is 4.69. The number of fused-ring (bicyclic) bond motifs is 1. The highest BCUT2D eigenvalue weighted by molar-refractivity contribution is 5.37. The molecule has 0 N–H and O–H groups in total. The van der Waals surface area contributed by atoms with E-state index in [2.05, 4.69) is 32.0 Å². The van der Waals surface area contributed by atoms with Gasteiger partial charge in [-0.15, -0.1) is 0 Å². The number of benzene rings is 1. The van der Waals surface area contributed by atoms with Crippen LogP contribution in [0.15, 0.2) is 18.2 Å². The standard InChI is InChI=1S/C13H18O/c1-13(2)7-6-10-4-5-12(14-3)8-11(10)9-13/h4-5,8H,6-7,9H2,1-3H3. The molecule has 0 bridgehead atoms. The predicted octanol–water partition coefficient (Wildman–Crippen LogP) is 3.21. The lowest BCUT2D eigenvalue weighted by Gasteiger charge is -2.31. The number of rotatable bonds is 1. The Labute approximate surface area is 86.1 Å². The van der Waals surface area contributed by atoms with Crippen molar-refractivity contribution in [1.29, 1.82) is 0 Å². The van der Waals surface area contributed by atoms with E-state index in [1.54, 1.807) is 7.11 Å². The molecule has 0 unspecified atom stereocenters. The van der Waals surface area contributed by atoms with Crippen molar-refractivity contribution in [1.82, 2.24) is 0 Å². The summed E-state index contributed by atoms with van der Waals surface area (Å²) >= 11 is 0. The Kier molecular flexibility index (Phi) is 2.26. The summed E-state index contributed by atoms with van der Waals surface area (Å²) < 4.78 is 5.25. The van der Waals surface area contributed by atoms with E-state index in [9.17, 15) is 0 Å². The smallest absolute Gasteiger partial charge is 0.119 e. The number of ether oxygens (including phenoxy) is 1. The van der Waals surface area contributed by atoms with Gasteiger partial charge in [0.1, 0.15) is 5.75 Å². The molecule has 0 aromatic heterocycles. The molecule has 0 saturated carbocycles. The van der Waals surface area contributed by atoms with E-state index in [0.29, 0.717) is 5.41 Å².